The lowest BCUT2D eigenvalue weighted by Crippen LogP contribution is -2.14. The van der Waals surface area contributed by atoms with E-state index < -0.39 is 0 Å². The summed E-state index contributed by atoms with van der Waals surface area (Å²) in [6.07, 6.45) is 6.52. The quantitative estimate of drug-likeness (QED) is 0.792. The van der Waals surface area contributed by atoms with Crippen molar-refractivity contribution < 1.29 is 4.79 Å². The number of nitrogens with zero attached hydrogens (tertiary/aromatic N) is 3. The Hall–Kier alpha value is -2.17. The number of hydrogen-bond acceptors (Lipinski definition) is 3. The number of hydrogen-bond donors (Lipinski definition) is 1. The number of nitrogens with one attached hydrogen (secondary N) is 1. The van der Waals surface area contributed by atoms with E-state index in [1.165, 1.54) is 6.20 Å². The molecule has 5 heteroatoms. The molecule has 2 aromatic rings. The third-order valence-electron chi connectivity index (χ3n) is 1.97. The Kier molecular flexibility index (Phi) is 2.45. The SMILES string of the molecule is Cn1ccnc1NC(=O)c1cccnc1. The molecular weight excluding hydrogens is 192 g/mol. The van der Waals surface area contributed by atoms with Crippen LogP contribution in [0.4, 0.5) is 5.95 Å². The van der Waals surface area contributed by atoms with Gasteiger partial charge in [0.2, 0.25) is 5.95 Å². The summed E-state index contributed by atoms with van der Waals surface area (Å²) in [4.78, 5) is 19.5. The van der Waals surface area contributed by atoms with Crippen LogP contribution >= 0.6 is 0 Å². The van der Waals surface area contributed by atoms with Crippen molar-refractivity contribution in [3.63, 3.8) is 0 Å². The van der Waals surface area contributed by atoms with Gasteiger partial charge in [0.25, 0.3) is 5.91 Å². The summed E-state index contributed by atoms with van der Waals surface area (Å²) >= 11 is 0. The molecule has 0 radical (unpaired) electrons. The van der Waals surface area contributed by atoms with Crippen LogP contribution in [0.25, 0.3) is 0 Å². The summed E-state index contributed by atoms with van der Waals surface area (Å²) in [7, 11) is 1.81. The van der Waals surface area contributed by atoms with Crippen LogP contribution < -0.4 is 5.32 Å². The Morgan fingerprint density at radius 2 is 2.33 bits per heavy atom. The second kappa shape index (κ2) is 3.91. The largest absolute Gasteiger partial charge is 0.320 e. The van der Waals surface area contributed by atoms with Gasteiger partial charge >= 0.3 is 0 Å². The minimum Gasteiger partial charge on any atom is -0.320 e. The van der Waals surface area contributed by atoms with Crippen molar-refractivity contribution in [2.75, 3.05) is 5.32 Å². The van der Waals surface area contributed by atoms with Gasteiger partial charge < -0.3 is 4.57 Å². The van der Waals surface area contributed by atoms with E-state index in [2.05, 4.69) is 15.3 Å². The number of rotatable bonds is 2. The van der Waals surface area contributed by atoms with Crippen molar-refractivity contribution in [3.05, 3.63) is 42.5 Å². The molecule has 15 heavy (non-hydrogen) atoms. The average molecular weight is 202 g/mol. The maximum atomic E-state index is 11.7. The van der Waals surface area contributed by atoms with Crippen LogP contribution in [0.1, 0.15) is 10.4 Å². The molecule has 0 unspecified atom stereocenters. The zero-order valence-electron chi connectivity index (χ0n) is 8.21. The molecule has 1 N–H and O–H groups in total. The molecule has 0 fully saturated rings. The third-order valence-corrected chi connectivity index (χ3v) is 1.97. The monoisotopic (exact) mass is 202 g/mol. The fourth-order valence-electron chi connectivity index (χ4n) is 1.16. The molecule has 1 amide bonds. The summed E-state index contributed by atoms with van der Waals surface area (Å²) in [6.45, 7) is 0. The summed E-state index contributed by atoms with van der Waals surface area (Å²) in [6, 6.07) is 3.42. The highest BCUT2D eigenvalue weighted by Crippen LogP contribution is 2.04. The number of carbonyl (C=O) groups is 1. The second-order valence-corrected chi connectivity index (χ2v) is 3.06. The van der Waals surface area contributed by atoms with Crippen molar-refractivity contribution in [1.29, 1.82) is 0 Å². The van der Waals surface area contributed by atoms with Crippen LogP contribution in [0.15, 0.2) is 36.9 Å². The van der Waals surface area contributed by atoms with Crippen molar-refractivity contribution >= 4 is 11.9 Å². The molecule has 5 nitrogen and oxygen atoms in total. The highest BCUT2D eigenvalue weighted by molar-refractivity contribution is 6.03. The smallest absolute Gasteiger partial charge is 0.259 e. The van der Waals surface area contributed by atoms with E-state index in [4.69, 9.17) is 0 Å². The lowest BCUT2D eigenvalue weighted by molar-refractivity contribution is 0.102. The van der Waals surface area contributed by atoms with Crippen LogP contribution in [0.2, 0.25) is 0 Å². The Bertz CT molecular complexity index is 463. The Morgan fingerprint density at radius 3 is 2.93 bits per heavy atom. The number of pyridine rings is 1. The van der Waals surface area contributed by atoms with Crippen molar-refractivity contribution in [2.24, 2.45) is 7.05 Å². The number of imidazole rings is 1. The van der Waals surface area contributed by atoms with Gasteiger partial charge in [0.05, 0.1) is 5.56 Å². The number of carbonyl (C=O) groups excluding carboxylic acids is 1. The van der Waals surface area contributed by atoms with Gasteiger partial charge in [0.15, 0.2) is 0 Å². The Labute approximate surface area is 86.8 Å². The molecule has 0 aromatic carbocycles. The Morgan fingerprint density at radius 1 is 1.47 bits per heavy atom. The van der Waals surface area contributed by atoms with Crippen molar-refractivity contribution in [3.8, 4) is 0 Å². The molecule has 0 atom stereocenters. The minimum absolute atomic E-state index is 0.211. The lowest BCUT2D eigenvalue weighted by atomic mass is 10.3. The summed E-state index contributed by atoms with van der Waals surface area (Å²) in [5.41, 5.74) is 0.514. The van der Waals surface area contributed by atoms with Crippen LogP contribution in [-0.4, -0.2) is 20.4 Å². The molecule has 0 aliphatic carbocycles. The fourth-order valence-corrected chi connectivity index (χ4v) is 1.16. The second-order valence-electron chi connectivity index (χ2n) is 3.06. The van der Waals surface area contributed by atoms with Crippen LogP contribution in [0.3, 0.4) is 0 Å². The van der Waals surface area contributed by atoms with E-state index in [1.54, 1.807) is 35.3 Å². The number of aryl methyl sites for hydroxylation is 1. The molecule has 0 bridgehead atoms. The first-order valence-electron chi connectivity index (χ1n) is 4.46. The molecular formula is C10H10N4O. The first-order valence-corrected chi connectivity index (χ1v) is 4.46. The summed E-state index contributed by atoms with van der Waals surface area (Å²) < 4.78 is 1.73. The first-order chi connectivity index (χ1) is 7.27. The molecule has 0 spiro atoms. The third kappa shape index (κ3) is 2.01. The zero-order valence-corrected chi connectivity index (χ0v) is 8.21. The van der Waals surface area contributed by atoms with Gasteiger partial charge in [-0.1, -0.05) is 0 Å². The van der Waals surface area contributed by atoms with Crippen LogP contribution in [-0.2, 0) is 7.05 Å². The fraction of sp³-hybridized carbons (Fsp3) is 0.100. The highest BCUT2D eigenvalue weighted by atomic mass is 16.1. The maximum Gasteiger partial charge on any atom is 0.259 e. The lowest BCUT2D eigenvalue weighted by Gasteiger charge is -2.03. The normalized spacial score (nSPS) is 9.93. The zero-order chi connectivity index (χ0) is 10.7. The van der Waals surface area contributed by atoms with Gasteiger partial charge in [0.1, 0.15) is 0 Å². The van der Waals surface area contributed by atoms with E-state index >= 15 is 0 Å². The molecule has 2 rings (SSSR count). The van der Waals surface area contributed by atoms with Gasteiger partial charge in [-0.25, -0.2) is 4.98 Å². The van der Waals surface area contributed by atoms with Gasteiger partial charge in [0, 0.05) is 31.8 Å². The molecule has 0 aliphatic rings. The highest BCUT2D eigenvalue weighted by Gasteiger charge is 2.07. The minimum atomic E-state index is -0.211. The van der Waals surface area contributed by atoms with E-state index in [-0.39, 0.29) is 5.91 Å². The maximum absolute atomic E-state index is 11.7. The number of anilines is 1. The van der Waals surface area contributed by atoms with Crippen LogP contribution in [0.5, 0.6) is 0 Å². The average Bonchev–Trinajstić information content (AvgIpc) is 2.66. The Balaban J connectivity index is 2.15. The number of amides is 1. The van der Waals surface area contributed by atoms with Gasteiger partial charge in [-0.2, -0.15) is 0 Å². The molecule has 0 aliphatic heterocycles. The molecule has 0 saturated heterocycles. The predicted octanol–water partition coefficient (Wildman–Crippen LogP) is 1.07. The molecule has 0 saturated carbocycles. The first kappa shape index (κ1) is 9.39. The topological polar surface area (TPSA) is 59.8 Å². The van der Waals surface area contributed by atoms with Crippen LogP contribution in [0, 0.1) is 0 Å². The predicted molar refractivity (Wildman–Crippen MR) is 55.4 cm³/mol. The van der Waals surface area contributed by atoms with E-state index in [1.807, 2.05) is 7.05 Å². The molecule has 76 valence electrons. The van der Waals surface area contributed by atoms with Crippen molar-refractivity contribution in [2.45, 2.75) is 0 Å². The van der Waals surface area contributed by atoms with Gasteiger partial charge in [-0.05, 0) is 12.1 Å². The van der Waals surface area contributed by atoms with Crippen molar-refractivity contribution in [1.82, 2.24) is 14.5 Å². The van der Waals surface area contributed by atoms with E-state index in [0.29, 0.717) is 11.5 Å². The summed E-state index contributed by atoms with van der Waals surface area (Å²) in [5, 5.41) is 2.68. The molecule has 2 aromatic heterocycles. The standard InChI is InChI=1S/C10H10N4O/c1-14-6-5-12-10(14)13-9(15)8-3-2-4-11-7-8/h2-7H,1H3,(H,12,13,15). The summed E-state index contributed by atoms with van der Waals surface area (Å²) in [5.74, 6) is 0.307. The molecule has 2 heterocycles. The van der Waals surface area contributed by atoms with E-state index in [9.17, 15) is 4.79 Å². The van der Waals surface area contributed by atoms with E-state index in [0.717, 1.165) is 0 Å². The van der Waals surface area contributed by atoms with Gasteiger partial charge in [-0.15, -0.1) is 0 Å². The number of aromatic nitrogens is 3. The van der Waals surface area contributed by atoms with Gasteiger partial charge in [-0.3, -0.25) is 15.1 Å².